The Morgan fingerprint density at radius 3 is 1.49 bits per heavy atom. The molecule has 0 bridgehead atoms. The molecule has 0 unspecified atom stereocenters. The third-order valence-electron chi connectivity index (χ3n) is 21.5. The number of carboxylic acid groups (broad SMARTS) is 1. The molecular weight excluding hydrogens is 1110 g/mol. The van der Waals surface area contributed by atoms with Gasteiger partial charge in [0.25, 0.3) is 0 Å². The number of aliphatic hydroxyl groups excluding tert-OH is 1. The zero-order valence-electron chi connectivity index (χ0n) is 58.9. The van der Waals surface area contributed by atoms with Crippen LogP contribution in [0, 0.1) is 53.3 Å². The summed E-state index contributed by atoms with van der Waals surface area (Å²) in [5.41, 5.74) is 0. The minimum Gasteiger partial charge on any atom is -0.478 e. The maximum Gasteiger partial charge on any atom is 0.327 e. The molecule has 2 N–H and O–H groups in total. The number of carboxylic acids is 1. The highest BCUT2D eigenvalue weighted by Gasteiger charge is 2.52. The lowest BCUT2D eigenvalue weighted by Crippen LogP contribution is -2.56. The van der Waals surface area contributed by atoms with Crippen molar-refractivity contribution in [1.29, 1.82) is 0 Å². The molecule has 0 radical (unpaired) electrons. The first kappa shape index (κ1) is 77.7. The summed E-state index contributed by atoms with van der Waals surface area (Å²) in [7, 11) is -9.33. The van der Waals surface area contributed by atoms with Crippen LogP contribution in [0.5, 0.6) is 0 Å². The monoisotopic (exact) mass is 1230 g/mol. The van der Waals surface area contributed by atoms with Gasteiger partial charge in [0.2, 0.25) is 0 Å². The van der Waals surface area contributed by atoms with Gasteiger partial charge in [-0.2, -0.15) is 0 Å². The molecule has 2 saturated heterocycles. The SMILES string of the molecule is CC[C@H](/C=C/C=C/C[C@H](C)[C@@H](O[Si](C)(C)C(C)(C)C)[C@@H](C)C(=O)[C@H](C)[C@@H](O[Si](C)(C)C(C)(C)C)[C@H](C)C(=O)[C@H](C)[C@@H](O[Si](C)(C)C(C)(C)C)[C@H](C)/C=C/C(=O)O)CC[C@H]1O[C@@]2(CC[C@@H](C)[C@@H](C[C@H](C)O[Si](C)(C)C(C)(C)C)O2)C[C@@H](O)[C@H]1C. The molecule has 2 aliphatic rings. The van der Waals surface area contributed by atoms with Gasteiger partial charge >= 0.3 is 5.97 Å². The quantitative estimate of drug-likeness (QED) is 0.0402. The molecule has 17 atom stereocenters. The summed E-state index contributed by atoms with van der Waals surface area (Å²) < 4.78 is 42.4. The number of ketones is 2. The van der Waals surface area contributed by atoms with Crippen molar-refractivity contribution in [2.75, 3.05) is 0 Å². The Morgan fingerprint density at radius 2 is 1.04 bits per heavy atom. The smallest absolute Gasteiger partial charge is 0.327 e. The van der Waals surface area contributed by atoms with E-state index < -0.39 is 87.0 Å². The van der Waals surface area contributed by atoms with Crippen LogP contribution in [-0.2, 0) is 41.6 Å². The fourth-order valence-electron chi connectivity index (χ4n) is 11.1. The van der Waals surface area contributed by atoms with Crippen molar-refractivity contribution in [3.05, 3.63) is 36.5 Å². The Labute approximate surface area is 514 Å². The molecule has 2 fully saturated rings. The first-order valence-electron chi connectivity index (χ1n) is 32.5. The van der Waals surface area contributed by atoms with Crippen LogP contribution in [0.3, 0.4) is 0 Å². The number of aliphatic hydroxyl groups is 1. The van der Waals surface area contributed by atoms with E-state index in [0.29, 0.717) is 24.7 Å². The molecule has 83 heavy (non-hydrogen) atoms. The summed E-state index contributed by atoms with van der Waals surface area (Å²) in [5.74, 6) is -3.91. The topological polar surface area (TPSA) is 147 Å². The zero-order valence-corrected chi connectivity index (χ0v) is 62.9. The van der Waals surface area contributed by atoms with E-state index in [2.05, 4.69) is 194 Å². The molecule has 484 valence electrons. The molecule has 2 rings (SSSR count). The molecule has 15 heteroatoms. The molecule has 1 spiro atoms. The zero-order chi connectivity index (χ0) is 64.6. The van der Waals surface area contributed by atoms with E-state index in [-0.39, 0.29) is 73.9 Å². The number of ether oxygens (including phenoxy) is 2. The van der Waals surface area contributed by atoms with Gasteiger partial charge in [-0.05, 0) is 136 Å². The van der Waals surface area contributed by atoms with Gasteiger partial charge in [0.05, 0.1) is 36.6 Å². The molecule has 11 nitrogen and oxygen atoms in total. The maximum atomic E-state index is 15.4. The van der Waals surface area contributed by atoms with Crippen LogP contribution in [0.25, 0.3) is 0 Å². The maximum absolute atomic E-state index is 15.4. The largest absolute Gasteiger partial charge is 0.478 e. The van der Waals surface area contributed by atoms with Crippen molar-refractivity contribution in [3.8, 4) is 0 Å². The van der Waals surface area contributed by atoms with Crippen LogP contribution in [0.4, 0.5) is 0 Å². The second-order valence-electron chi connectivity index (χ2n) is 32.6. The second kappa shape index (κ2) is 30.4. The molecule has 0 aromatic heterocycles. The van der Waals surface area contributed by atoms with Gasteiger partial charge in [0.1, 0.15) is 11.6 Å². The lowest BCUT2D eigenvalue weighted by molar-refractivity contribution is -0.347. The Morgan fingerprint density at radius 1 is 0.614 bits per heavy atom. The predicted octanol–water partition coefficient (Wildman–Crippen LogP) is 18.2. The van der Waals surface area contributed by atoms with Gasteiger partial charge in [-0.1, -0.05) is 176 Å². The van der Waals surface area contributed by atoms with E-state index >= 15 is 9.59 Å². The van der Waals surface area contributed by atoms with Gasteiger partial charge in [-0.25, -0.2) is 4.79 Å². The Kier molecular flexibility index (Phi) is 28.5. The third kappa shape index (κ3) is 21.7. The molecule has 0 aromatic rings. The summed E-state index contributed by atoms with van der Waals surface area (Å²) in [6.45, 7) is 65.1. The fourth-order valence-corrected chi connectivity index (χ4v) is 16.9. The van der Waals surface area contributed by atoms with Crippen molar-refractivity contribution in [1.82, 2.24) is 0 Å². The average molecular weight is 1240 g/mol. The van der Waals surface area contributed by atoms with Crippen molar-refractivity contribution < 1.29 is 51.8 Å². The van der Waals surface area contributed by atoms with Gasteiger partial charge in [0.15, 0.2) is 39.1 Å². The lowest BCUT2D eigenvalue weighted by Gasteiger charge is -2.51. The van der Waals surface area contributed by atoms with Gasteiger partial charge in [-0.3, -0.25) is 9.59 Å². The van der Waals surface area contributed by atoms with Crippen molar-refractivity contribution >= 4 is 50.8 Å². The lowest BCUT2D eigenvalue weighted by atomic mass is 9.77. The predicted molar refractivity (Wildman–Crippen MR) is 357 cm³/mol. The van der Waals surface area contributed by atoms with Crippen LogP contribution in [-0.4, -0.2) is 110 Å². The molecule has 0 aliphatic carbocycles. The van der Waals surface area contributed by atoms with Gasteiger partial charge in [-0.15, -0.1) is 0 Å². The number of Topliss-reactive ketones (excluding diaryl/α,β-unsaturated/α-hetero) is 2. The number of hydrogen-bond acceptors (Lipinski definition) is 10. The molecule has 2 aliphatic heterocycles. The van der Waals surface area contributed by atoms with Gasteiger partial charge < -0.3 is 37.4 Å². The van der Waals surface area contributed by atoms with E-state index in [0.717, 1.165) is 44.6 Å². The van der Waals surface area contributed by atoms with Gasteiger partial charge in [0, 0.05) is 60.5 Å². The average Bonchev–Trinajstić information content (AvgIpc) is 3.45. The minimum atomic E-state index is -2.56. The molecular formula is C68H130O11Si4. The molecule has 0 amide bonds. The van der Waals surface area contributed by atoms with Crippen molar-refractivity contribution in [2.45, 2.75) is 325 Å². The van der Waals surface area contributed by atoms with Crippen LogP contribution in [0.2, 0.25) is 72.5 Å². The highest BCUT2D eigenvalue weighted by atomic mass is 28.4. The summed E-state index contributed by atoms with van der Waals surface area (Å²) in [6.07, 6.45) is 16.0. The number of hydrogen-bond donors (Lipinski definition) is 2. The Hall–Kier alpha value is -1.38. The van der Waals surface area contributed by atoms with Crippen LogP contribution in [0.1, 0.15) is 204 Å². The summed E-state index contributed by atoms with van der Waals surface area (Å²) in [5, 5.41) is 20.8. The number of rotatable bonds is 30. The van der Waals surface area contributed by atoms with E-state index in [1.54, 1.807) is 6.08 Å². The summed E-state index contributed by atoms with van der Waals surface area (Å²) >= 11 is 0. The van der Waals surface area contributed by atoms with E-state index in [4.69, 9.17) is 27.2 Å². The van der Waals surface area contributed by atoms with Crippen LogP contribution in [0.15, 0.2) is 36.5 Å². The minimum absolute atomic E-state index is 0.00415. The Balaban J connectivity index is 2.43. The Bertz CT molecular complexity index is 2140. The van der Waals surface area contributed by atoms with E-state index in [1.165, 1.54) is 0 Å². The highest BCUT2D eigenvalue weighted by Crippen LogP contribution is 2.48. The van der Waals surface area contributed by atoms with E-state index in [1.807, 2.05) is 34.6 Å². The number of allylic oxidation sites excluding steroid dienone is 4. The first-order chi connectivity index (χ1) is 37.4. The fraction of sp³-hybridized carbons (Fsp3) is 0.868. The van der Waals surface area contributed by atoms with Crippen LogP contribution >= 0.6 is 0 Å². The number of carbonyl (C=O) groups excluding carboxylic acids is 2. The summed E-state index contributed by atoms with van der Waals surface area (Å²) in [4.78, 5) is 42.3. The normalized spacial score (nSPS) is 26.4. The van der Waals surface area contributed by atoms with E-state index in [9.17, 15) is 15.0 Å². The molecule has 0 aromatic carbocycles. The van der Waals surface area contributed by atoms with Crippen molar-refractivity contribution in [2.24, 2.45) is 53.3 Å². The number of carbonyl (C=O) groups is 3. The molecule has 0 saturated carbocycles. The highest BCUT2D eigenvalue weighted by molar-refractivity contribution is 6.75. The van der Waals surface area contributed by atoms with Crippen LogP contribution < -0.4 is 0 Å². The second-order valence-corrected chi connectivity index (χ2v) is 51.6. The third-order valence-corrected chi connectivity index (χ3v) is 39.5. The van der Waals surface area contributed by atoms with Crippen molar-refractivity contribution in [3.63, 3.8) is 0 Å². The first-order valence-corrected chi connectivity index (χ1v) is 44.1. The number of aliphatic carboxylic acids is 1. The summed E-state index contributed by atoms with van der Waals surface area (Å²) in [6, 6.07) is 0. The standard InChI is InChI=1S/C68H130O11Si4/c1-31-54(38-39-56-49(6)55(69)44-68(74-56)42-41-45(2)57(75-68)43-48(5)76-80(23,24)64(11,12)13)36-34-32-33-35-46(3)61(77-81(25,26)65(14,15)16)50(7)59(72)52(9)63(79-83(29,30)67(20,21)22)53(10)60(73)51(8)62(47(4)37-40-58(70)71)78-82(27,28)66(17,18)19/h32-34,36-37,40,45-57,61-63,69H,31,35,38-39,41-44H2,1-30H3,(H,70,71)/b33-32+,36-34+,40-37+/t45-,46+,47-,48+,49-,50+,51+,52+,53-,54-,55-,56-,57-,61-,62+,63-,68-/m1/s1. The molecule has 2 heterocycles.